The van der Waals surface area contributed by atoms with Crippen LogP contribution in [-0.2, 0) is 16.0 Å². The van der Waals surface area contributed by atoms with Crippen LogP contribution in [0.4, 0.5) is 24.5 Å². The number of piperazine rings is 1. The van der Waals surface area contributed by atoms with E-state index in [1.807, 2.05) is 29.2 Å². The van der Waals surface area contributed by atoms with Crippen LogP contribution in [-0.4, -0.2) is 49.1 Å². The minimum atomic E-state index is -4.84. The van der Waals surface area contributed by atoms with Crippen molar-refractivity contribution in [3.63, 3.8) is 0 Å². The van der Waals surface area contributed by atoms with Crippen LogP contribution < -0.4 is 10.2 Å². The third-order valence-electron chi connectivity index (χ3n) is 4.60. The fourth-order valence-electron chi connectivity index (χ4n) is 3.10. The molecule has 2 aromatic carbocycles. The number of hydrogen-bond donors (Lipinski definition) is 1. The van der Waals surface area contributed by atoms with Gasteiger partial charge in [0.25, 0.3) is 0 Å². The number of benzene rings is 2. The van der Waals surface area contributed by atoms with Gasteiger partial charge in [-0.05, 0) is 42.0 Å². The molecular formula is C20H19BrF3N3O2. The van der Waals surface area contributed by atoms with Crippen molar-refractivity contribution >= 4 is 39.1 Å². The predicted octanol–water partition coefficient (Wildman–Crippen LogP) is 3.84. The summed E-state index contributed by atoms with van der Waals surface area (Å²) in [6.45, 7) is 0.669. The van der Waals surface area contributed by atoms with Gasteiger partial charge >= 0.3 is 12.1 Å². The monoisotopic (exact) mass is 469 g/mol. The molecule has 0 aromatic heterocycles. The SMILES string of the molecule is O=C(Cc1ccc(Br)cc1)Nc1ccc(N2CCN(C(=O)C(F)(F)F)CC2)cc1. The van der Waals surface area contributed by atoms with Crippen LogP contribution in [0.25, 0.3) is 0 Å². The van der Waals surface area contributed by atoms with Gasteiger partial charge < -0.3 is 15.1 Å². The summed E-state index contributed by atoms with van der Waals surface area (Å²) < 4.78 is 38.5. The van der Waals surface area contributed by atoms with E-state index in [0.717, 1.165) is 20.6 Å². The fraction of sp³-hybridized carbons (Fsp3) is 0.300. The molecule has 1 fully saturated rings. The highest BCUT2D eigenvalue weighted by atomic mass is 79.9. The first-order chi connectivity index (χ1) is 13.7. The lowest BCUT2D eigenvalue weighted by Gasteiger charge is -2.36. The molecule has 3 rings (SSSR count). The Bertz CT molecular complexity index is 862. The lowest BCUT2D eigenvalue weighted by atomic mass is 10.1. The number of nitrogens with zero attached hydrogens (tertiary/aromatic N) is 2. The van der Waals surface area contributed by atoms with E-state index in [2.05, 4.69) is 21.2 Å². The Morgan fingerprint density at radius 3 is 2.07 bits per heavy atom. The third-order valence-corrected chi connectivity index (χ3v) is 5.13. The number of carbonyl (C=O) groups excluding carboxylic acids is 2. The number of nitrogens with one attached hydrogen (secondary N) is 1. The first-order valence-electron chi connectivity index (χ1n) is 8.98. The number of alkyl halides is 3. The Hall–Kier alpha value is -2.55. The third kappa shape index (κ3) is 5.72. The van der Waals surface area contributed by atoms with Gasteiger partial charge in [-0.15, -0.1) is 0 Å². The highest BCUT2D eigenvalue weighted by molar-refractivity contribution is 9.10. The normalized spacial score (nSPS) is 14.6. The molecule has 0 aliphatic carbocycles. The fourth-order valence-corrected chi connectivity index (χ4v) is 3.36. The molecule has 1 aliphatic heterocycles. The number of amides is 2. The Labute approximate surface area is 174 Å². The molecule has 1 aliphatic rings. The molecule has 1 N–H and O–H groups in total. The van der Waals surface area contributed by atoms with Crippen LogP contribution >= 0.6 is 15.9 Å². The van der Waals surface area contributed by atoms with Gasteiger partial charge in [-0.1, -0.05) is 28.1 Å². The highest BCUT2D eigenvalue weighted by Crippen LogP contribution is 2.23. The molecule has 0 spiro atoms. The van der Waals surface area contributed by atoms with Crippen LogP contribution in [0.5, 0.6) is 0 Å². The zero-order valence-electron chi connectivity index (χ0n) is 15.4. The Kier molecular flexibility index (Phi) is 6.46. The van der Waals surface area contributed by atoms with Gasteiger partial charge in [-0.2, -0.15) is 13.2 Å². The van der Waals surface area contributed by atoms with Gasteiger partial charge in [-0.3, -0.25) is 9.59 Å². The zero-order valence-corrected chi connectivity index (χ0v) is 17.0. The molecular weight excluding hydrogens is 451 g/mol. The Morgan fingerprint density at radius 1 is 0.931 bits per heavy atom. The van der Waals surface area contributed by atoms with E-state index in [4.69, 9.17) is 0 Å². The molecule has 9 heteroatoms. The summed E-state index contributed by atoms with van der Waals surface area (Å²) in [6.07, 6.45) is -4.58. The van der Waals surface area contributed by atoms with Crippen molar-refractivity contribution in [3.05, 3.63) is 58.6 Å². The molecule has 5 nitrogen and oxygen atoms in total. The van der Waals surface area contributed by atoms with Crippen molar-refractivity contribution in [2.24, 2.45) is 0 Å². The van der Waals surface area contributed by atoms with Crippen molar-refractivity contribution in [1.29, 1.82) is 0 Å². The minimum absolute atomic E-state index is 0.0179. The summed E-state index contributed by atoms with van der Waals surface area (Å²) in [7, 11) is 0. The summed E-state index contributed by atoms with van der Waals surface area (Å²) in [6, 6.07) is 14.6. The van der Waals surface area contributed by atoms with E-state index < -0.39 is 12.1 Å². The first-order valence-corrected chi connectivity index (χ1v) is 9.77. The first kappa shape index (κ1) is 21.2. The van der Waals surface area contributed by atoms with E-state index in [0.29, 0.717) is 18.8 Å². The summed E-state index contributed by atoms with van der Waals surface area (Å²) >= 11 is 3.35. The van der Waals surface area contributed by atoms with Gasteiger partial charge in [0.05, 0.1) is 6.42 Å². The second kappa shape index (κ2) is 8.86. The quantitative estimate of drug-likeness (QED) is 0.739. The van der Waals surface area contributed by atoms with E-state index >= 15 is 0 Å². The van der Waals surface area contributed by atoms with E-state index in [1.165, 1.54) is 0 Å². The number of rotatable bonds is 4. The molecule has 0 bridgehead atoms. The van der Waals surface area contributed by atoms with Crippen LogP contribution in [0.1, 0.15) is 5.56 Å². The largest absolute Gasteiger partial charge is 0.471 e. The zero-order chi connectivity index (χ0) is 21.0. The van der Waals surface area contributed by atoms with E-state index in [-0.39, 0.29) is 25.4 Å². The Morgan fingerprint density at radius 2 is 1.52 bits per heavy atom. The second-order valence-electron chi connectivity index (χ2n) is 6.68. The summed E-state index contributed by atoms with van der Waals surface area (Å²) in [5.74, 6) is -1.93. The van der Waals surface area contributed by atoms with Crippen molar-refractivity contribution in [2.75, 3.05) is 36.4 Å². The van der Waals surface area contributed by atoms with E-state index in [1.54, 1.807) is 24.3 Å². The van der Waals surface area contributed by atoms with Crippen LogP contribution in [0.3, 0.4) is 0 Å². The van der Waals surface area contributed by atoms with E-state index in [9.17, 15) is 22.8 Å². The van der Waals surface area contributed by atoms with Gasteiger partial charge in [-0.25, -0.2) is 0 Å². The summed E-state index contributed by atoms with van der Waals surface area (Å²) in [5, 5.41) is 2.83. The maximum Gasteiger partial charge on any atom is 0.471 e. The number of carbonyl (C=O) groups is 2. The number of hydrogen-bond acceptors (Lipinski definition) is 3. The van der Waals surface area contributed by atoms with Crippen LogP contribution in [0.2, 0.25) is 0 Å². The minimum Gasteiger partial charge on any atom is -0.368 e. The smallest absolute Gasteiger partial charge is 0.368 e. The highest BCUT2D eigenvalue weighted by Gasteiger charge is 2.43. The van der Waals surface area contributed by atoms with Crippen molar-refractivity contribution in [3.8, 4) is 0 Å². The molecule has 2 aromatic rings. The lowest BCUT2D eigenvalue weighted by Crippen LogP contribution is -2.52. The Balaban J connectivity index is 1.52. The molecule has 2 amide bonds. The molecule has 1 heterocycles. The molecule has 0 atom stereocenters. The molecule has 29 heavy (non-hydrogen) atoms. The summed E-state index contributed by atoms with van der Waals surface area (Å²) in [5.41, 5.74) is 2.37. The predicted molar refractivity (Wildman–Crippen MR) is 108 cm³/mol. The van der Waals surface area contributed by atoms with Crippen molar-refractivity contribution in [1.82, 2.24) is 4.90 Å². The van der Waals surface area contributed by atoms with Crippen LogP contribution in [0, 0.1) is 0 Å². The number of anilines is 2. The van der Waals surface area contributed by atoms with Crippen molar-refractivity contribution in [2.45, 2.75) is 12.6 Å². The average molecular weight is 470 g/mol. The van der Waals surface area contributed by atoms with Crippen LogP contribution in [0.15, 0.2) is 53.0 Å². The molecule has 0 unspecified atom stereocenters. The average Bonchev–Trinajstić information content (AvgIpc) is 2.69. The van der Waals surface area contributed by atoms with Crippen molar-refractivity contribution < 1.29 is 22.8 Å². The van der Waals surface area contributed by atoms with Gasteiger partial charge in [0, 0.05) is 42.0 Å². The van der Waals surface area contributed by atoms with Gasteiger partial charge in [0.1, 0.15) is 0 Å². The maximum absolute atomic E-state index is 12.5. The molecule has 0 saturated carbocycles. The topological polar surface area (TPSA) is 52.7 Å². The van der Waals surface area contributed by atoms with Gasteiger partial charge in [0.2, 0.25) is 5.91 Å². The summed E-state index contributed by atoms with van der Waals surface area (Å²) in [4.78, 5) is 26.2. The maximum atomic E-state index is 12.5. The standard InChI is InChI=1S/C20H19BrF3N3O2/c21-15-3-1-14(2-4-15)13-18(28)25-16-5-7-17(8-6-16)26-9-11-27(12-10-26)19(29)20(22,23)24/h1-8H,9-13H2,(H,25,28). The van der Waals surface area contributed by atoms with Gasteiger partial charge in [0.15, 0.2) is 0 Å². The molecule has 1 saturated heterocycles. The lowest BCUT2D eigenvalue weighted by molar-refractivity contribution is -0.185. The second-order valence-corrected chi connectivity index (χ2v) is 7.59. The number of halogens is 4. The molecule has 0 radical (unpaired) electrons. The molecule has 154 valence electrons.